The third-order valence-electron chi connectivity index (χ3n) is 2.37. The molecular weight excluding hydrogens is 264 g/mol. The average molecular weight is 278 g/mol. The molecule has 10 heteroatoms. The van der Waals surface area contributed by atoms with E-state index >= 15 is 0 Å². The molecule has 0 spiro atoms. The van der Waals surface area contributed by atoms with E-state index in [2.05, 4.69) is 35.5 Å². The van der Waals surface area contributed by atoms with Gasteiger partial charge in [-0.2, -0.15) is 0 Å². The number of nitrogen functional groups attached to an aromatic ring is 2. The van der Waals surface area contributed by atoms with Crippen LogP contribution >= 0.6 is 0 Å². The maximum absolute atomic E-state index is 11.6. The zero-order valence-electron chi connectivity index (χ0n) is 10.5. The molecule has 0 unspecified atom stereocenters. The van der Waals surface area contributed by atoms with Crippen LogP contribution in [-0.2, 0) is 6.54 Å². The minimum Gasteiger partial charge on any atom is -0.379 e. The minimum absolute atomic E-state index is 0.0167. The van der Waals surface area contributed by atoms with Gasteiger partial charge in [0.25, 0.3) is 5.91 Å². The topological polar surface area (TPSA) is 158 Å². The highest BCUT2D eigenvalue weighted by Gasteiger charge is 2.14. The molecule has 0 aliphatic heterocycles. The van der Waals surface area contributed by atoms with Crippen molar-refractivity contribution < 1.29 is 9.42 Å². The Morgan fingerprint density at radius 1 is 1.20 bits per heavy atom. The molecule has 0 fully saturated rings. The summed E-state index contributed by atoms with van der Waals surface area (Å²) in [6.45, 7) is 1.53. The zero-order valence-corrected chi connectivity index (χ0v) is 10.5. The molecule has 0 atom stereocenters. The number of carbonyl (C=O) groups excluding carboxylic acids is 1. The normalized spacial score (nSPS) is 10.4. The Morgan fingerprint density at radius 3 is 2.60 bits per heavy atom. The Balaban J connectivity index is 1.66. The Morgan fingerprint density at radius 2 is 1.95 bits per heavy atom. The van der Waals surface area contributed by atoms with Crippen LogP contribution in [0.1, 0.15) is 16.1 Å². The van der Waals surface area contributed by atoms with Crippen molar-refractivity contribution in [2.45, 2.75) is 6.54 Å². The molecule has 106 valence electrons. The molecule has 0 saturated heterocycles. The molecular formula is C10H14N8O2. The lowest BCUT2D eigenvalue weighted by Crippen LogP contribution is -2.32. The van der Waals surface area contributed by atoms with Crippen LogP contribution in [0.5, 0.6) is 0 Å². The van der Waals surface area contributed by atoms with Crippen LogP contribution in [0, 0.1) is 0 Å². The minimum atomic E-state index is -0.429. The first kappa shape index (κ1) is 13.7. The molecule has 20 heavy (non-hydrogen) atoms. The van der Waals surface area contributed by atoms with Crippen molar-refractivity contribution in [3.8, 4) is 0 Å². The summed E-state index contributed by atoms with van der Waals surface area (Å²) in [4.78, 5) is 19.3. The second-order valence-corrected chi connectivity index (χ2v) is 3.88. The molecule has 2 aromatic heterocycles. The number of aromatic nitrogens is 4. The SMILES string of the molecule is Nc1ncc(CNCCNC(=O)c2nonc2N)cn1. The molecule has 0 saturated carbocycles. The van der Waals surface area contributed by atoms with Crippen molar-refractivity contribution in [1.82, 2.24) is 30.9 Å². The molecule has 0 bridgehead atoms. The number of nitrogens with two attached hydrogens (primary N) is 2. The smallest absolute Gasteiger partial charge is 0.277 e. The quantitative estimate of drug-likeness (QED) is 0.463. The van der Waals surface area contributed by atoms with Gasteiger partial charge in [-0.25, -0.2) is 14.6 Å². The Labute approximate surface area is 113 Å². The molecule has 2 rings (SSSR count). The molecule has 6 N–H and O–H groups in total. The Bertz CT molecular complexity index is 567. The number of nitrogens with one attached hydrogen (secondary N) is 2. The van der Waals surface area contributed by atoms with Crippen LogP contribution in [0.15, 0.2) is 17.0 Å². The fraction of sp³-hybridized carbons (Fsp3) is 0.300. The van der Waals surface area contributed by atoms with Crippen LogP contribution in [0.25, 0.3) is 0 Å². The summed E-state index contributed by atoms with van der Waals surface area (Å²) < 4.78 is 4.34. The lowest BCUT2D eigenvalue weighted by atomic mass is 10.3. The van der Waals surface area contributed by atoms with E-state index in [1.165, 1.54) is 0 Å². The van der Waals surface area contributed by atoms with Crippen LogP contribution in [0.2, 0.25) is 0 Å². The fourth-order valence-electron chi connectivity index (χ4n) is 1.39. The van der Waals surface area contributed by atoms with Gasteiger partial charge >= 0.3 is 0 Å². The highest BCUT2D eigenvalue weighted by Crippen LogP contribution is 2.02. The fourth-order valence-corrected chi connectivity index (χ4v) is 1.39. The van der Waals surface area contributed by atoms with E-state index in [0.29, 0.717) is 19.6 Å². The van der Waals surface area contributed by atoms with Gasteiger partial charge in [-0.05, 0) is 10.3 Å². The summed E-state index contributed by atoms with van der Waals surface area (Å²) >= 11 is 0. The van der Waals surface area contributed by atoms with E-state index in [-0.39, 0.29) is 17.5 Å². The number of hydrogen-bond donors (Lipinski definition) is 4. The number of amides is 1. The summed E-state index contributed by atoms with van der Waals surface area (Å²) in [6.07, 6.45) is 3.27. The Hall–Kier alpha value is -2.75. The van der Waals surface area contributed by atoms with Gasteiger partial charge in [0.2, 0.25) is 17.5 Å². The van der Waals surface area contributed by atoms with Crippen molar-refractivity contribution >= 4 is 17.7 Å². The van der Waals surface area contributed by atoms with Gasteiger partial charge < -0.3 is 22.1 Å². The van der Waals surface area contributed by atoms with Crippen LogP contribution < -0.4 is 22.1 Å². The number of hydrogen-bond acceptors (Lipinski definition) is 9. The number of rotatable bonds is 6. The van der Waals surface area contributed by atoms with Crippen LogP contribution in [0.3, 0.4) is 0 Å². The number of anilines is 2. The lowest BCUT2D eigenvalue weighted by molar-refractivity contribution is 0.0944. The molecule has 0 radical (unpaired) electrons. The zero-order chi connectivity index (χ0) is 14.4. The van der Waals surface area contributed by atoms with Gasteiger partial charge in [0.1, 0.15) is 0 Å². The average Bonchev–Trinajstić information content (AvgIpc) is 2.86. The third-order valence-corrected chi connectivity index (χ3v) is 2.37. The molecule has 2 heterocycles. The molecule has 0 aliphatic carbocycles. The summed E-state index contributed by atoms with van der Waals surface area (Å²) in [5.74, 6) is -0.226. The third kappa shape index (κ3) is 3.62. The summed E-state index contributed by atoms with van der Waals surface area (Å²) in [6, 6.07) is 0. The summed E-state index contributed by atoms with van der Waals surface area (Å²) in [7, 11) is 0. The van der Waals surface area contributed by atoms with Crippen molar-refractivity contribution in [3.05, 3.63) is 23.7 Å². The lowest BCUT2D eigenvalue weighted by Gasteiger charge is -2.05. The van der Waals surface area contributed by atoms with E-state index in [9.17, 15) is 4.79 Å². The van der Waals surface area contributed by atoms with E-state index in [1.807, 2.05) is 0 Å². The largest absolute Gasteiger partial charge is 0.379 e. The van der Waals surface area contributed by atoms with Crippen molar-refractivity contribution in [3.63, 3.8) is 0 Å². The second kappa shape index (κ2) is 6.43. The van der Waals surface area contributed by atoms with Gasteiger partial charge in [-0.3, -0.25) is 4.79 Å². The van der Waals surface area contributed by atoms with Crippen LogP contribution in [0.4, 0.5) is 11.8 Å². The predicted octanol–water partition coefficient (Wildman–Crippen LogP) is -1.46. The molecule has 0 aromatic carbocycles. The standard InChI is InChI=1S/C10H14N8O2/c11-8-7(17-20-18-8)9(19)14-2-1-13-3-6-4-15-10(12)16-5-6/h4-5,13H,1-3H2,(H2,11,18)(H,14,19)(H2,12,15,16). The van der Waals surface area contributed by atoms with E-state index < -0.39 is 5.91 Å². The predicted molar refractivity (Wildman–Crippen MR) is 69.2 cm³/mol. The molecule has 2 aromatic rings. The Kier molecular flexibility index (Phi) is 4.39. The van der Waals surface area contributed by atoms with Gasteiger partial charge in [0.15, 0.2) is 0 Å². The van der Waals surface area contributed by atoms with Crippen LogP contribution in [-0.4, -0.2) is 39.3 Å². The van der Waals surface area contributed by atoms with E-state index in [4.69, 9.17) is 11.5 Å². The maximum atomic E-state index is 11.6. The second-order valence-electron chi connectivity index (χ2n) is 3.88. The highest BCUT2D eigenvalue weighted by atomic mass is 16.6. The maximum Gasteiger partial charge on any atom is 0.277 e. The van der Waals surface area contributed by atoms with Crippen molar-refractivity contribution in [1.29, 1.82) is 0 Å². The molecule has 0 aliphatic rings. The highest BCUT2D eigenvalue weighted by molar-refractivity contribution is 5.95. The molecule has 1 amide bonds. The summed E-state index contributed by atoms with van der Waals surface area (Å²) in [5.41, 5.74) is 11.6. The van der Waals surface area contributed by atoms with E-state index in [0.717, 1.165) is 5.56 Å². The van der Waals surface area contributed by atoms with Gasteiger partial charge in [-0.15, -0.1) is 0 Å². The monoisotopic (exact) mass is 278 g/mol. The first-order chi connectivity index (χ1) is 9.66. The van der Waals surface area contributed by atoms with Gasteiger partial charge in [0, 0.05) is 37.6 Å². The number of nitrogens with zero attached hydrogens (tertiary/aromatic N) is 4. The van der Waals surface area contributed by atoms with Crippen molar-refractivity contribution in [2.75, 3.05) is 24.6 Å². The summed E-state index contributed by atoms with van der Waals surface area (Å²) in [5, 5.41) is 12.5. The first-order valence-electron chi connectivity index (χ1n) is 5.80. The van der Waals surface area contributed by atoms with E-state index in [1.54, 1.807) is 12.4 Å². The van der Waals surface area contributed by atoms with Gasteiger partial charge in [0.05, 0.1) is 0 Å². The first-order valence-corrected chi connectivity index (χ1v) is 5.80. The van der Waals surface area contributed by atoms with Crippen molar-refractivity contribution in [2.24, 2.45) is 0 Å². The molecule has 10 nitrogen and oxygen atoms in total. The van der Waals surface area contributed by atoms with Gasteiger partial charge in [-0.1, -0.05) is 0 Å². The number of carbonyl (C=O) groups is 1.